The Labute approximate surface area is 95.4 Å². The van der Waals surface area contributed by atoms with Crippen molar-refractivity contribution in [3.63, 3.8) is 0 Å². The molecule has 1 aromatic rings. The summed E-state index contributed by atoms with van der Waals surface area (Å²) in [6.45, 7) is 4.22. The van der Waals surface area contributed by atoms with Crippen LogP contribution in [0.25, 0.3) is 0 Å². The molecule has 3 nitrogen and oxygen atoms in total. The number of carbonyl (C=O) groups excluding carboxylic acids is 1. The number of ketones is 1. The minimum Gasteiger partial charge on any atom is -0.343 e. The van der Waals surface area contributed by atoms with E-state index in [2.05, 4.69) is 0 Å². The topological polar surface area (TPSA) is 35.5 Å². The van der Waals surface area contributed by atoms with Crippen molar-refractivity contribution in [2.75, 3.05) is 13.2 Å². The van der Waals surface area contributed by atoms with Crippen LogP contribution in [0, 0.1) is 0 Å². The van der Waals surface area contributed by atoms with Crippen LogP contribution in [0.15, 0.2) is 30.3 Å². The fraction of sp³-hybridized carbons (Fsp3) is 0.462. The van der Waals surface area contributed by atoms with Crippen molar-refractivity contribution in [2.24, 2.45) is 0 Å². The lowest BCUT2D eigenvalue weighted by Gasteiger charge is -2.35. The molecule has 0 N–H and O–H groups in total. The van der Waals surface area contributed by atoms with Crippen molar-refractivity contribution in [1.29, 1.82) is 0 Å². The molecule has 0 atom stereocenters. The zero-order valence-corrected chi connectivity index (χ0v) is 9.60. The van der Waals surface area contributed by atoms with Crippen LogP contribution in [0.3, 0.4) is 0 Å². The molecule has 0 unspecified atom stereocenters. The van der Waals surface area contributed by atoms with Gasteiger partial charge < -0.3 is 9.47 Å². The van der Waals surface area contributed by atoms with Gasteiger partial charge in [0.2, 0.25) is 5.79 Å². The van der Waals surface area contributed by atoms with Gasteiger partial charge in [-0.3, -0.25) is 4.79 Å². The molecular formula is C13H16O3. The van der Waals surface area contributed by atoms with Gasteiger partial charge >= 0.3 is 0 Å². The Balaban J connectivity index is 2.03. The maximum absolute atomic E-state index is 11.3. The van der Waals surface area contributed by atoms with E-state index in [1.54, 1.807) is 6.92 Å². The van der Waals surface area contributed by atoms with Gasteiger partial charge in [-0.15, -0.1) is 0 Å². The van der Waals surface area contributed by atoms with Gasteiger partial charge in [0.05, 0.1) is 13.2 Å². The van der Waals surface area contributed by atoms with Crippen molar-refractivity contribution in [3.8, 4) is 0 Å². The quantitative estimate of drug-likeness (QED) is 0.765. The van der Waals surface area contributed by atoms with Crippen LogP contribution >= 0.6 is 0 Å². The Morgan fingerprint density at radius 1 is 1.25 bits per heavy atom. The van der Waals surface area contributed by atoms with E-state index in [1.807, 2.05) is 30.3 Å². The van der Waals surface area contributed by atoms with Crippen LogP contribution in [0.2, 0.25) is 0 Å². The first-order valence-corrected chi connectivity index (χ1v) is 5.46. The number of ether oxygens (including phenoxy) is 2. The monoisotopic (exact) mass is 220 g/mol. The van der Waals surface area contributed by atoms with Crippen molar-refractivity contribution in [1.82, 2.24) is 0 Å². The summed E-state index contributed by atoms with van der Waals surface area (Å²) in [4.78, 5) is 11.3. The van der Waals surface area contributed by atoms with Gasteiger partial charge in [0, 0.05) is 12.8 Å². The Morgan fingerprint density at radius 3 is 2.31 bits per heavy atom. The summed E-state index contributed by atoms with van der Waals surface area (Å²) in [5.41, 5.74) is 1.19. The van der Waals surface area contributed by atoms with E-state index in [4.69, 9.17) is 9.47 Å². The van der Waals surface area contributed by atoms with Crippen molar-refractivity contribution >= 4 is 5.78 Å². The van der Waals surface area contributed by atoms with E-state index in [0.717, 1.165) is 0 Å². The van der Waals surface area contributed by atoms with Crippen LogP contribution in [0.4, 0.5) is 0 Å². The molecule has 0 spiro atoms. The molecule has 1 fully saturated rings. The highest BCUT2D eigenvalue weighted by Gasteiger charge is 2.37. The number of benzene rings is 1. The second kappa shape index (κ2) is 4.36. The number of rotatable bonds is 2. The van der Waals surface area contributed by atoms with Gasteiger partial charge in [-0.2, -0.15) is 0 Å². The zero-order chi connectivity index (χ0) is 11.6. The second-order valence-corrected chi connectivity index (χ2v) is 4.23. The number of hydrogen-bond donors (Lipinski definition) is 0. The van der Waals surface area contributed by atoms with Crippen molar-refractivity contribution in [2.45, 2.75) is 25.6 Å². The molecule has 0 radical (unpaired) electrons. The zero-order valence-electron chi connectivity index (χ0n) is 9.60. The summed E-state index contributed by atoms with van der Waals surface area (Å²) in [7, 11) is 0. The molecule has 0 bridgehead atoms. The van der Waals surface area contributed by atoms with Crippen molar-refractivity contribution in [3.05, 3.63) is 35.9 Å². The predicted molar refractivity (Wildman–Crippen MR) is 60.2 cm³/mol. The van der Waals surface area contributed by atoms with E-state index in [9.17, 15) is 4.79 Å². The smallest absolute Gasteiger partial charge is 0.225 e. The van der Waals surface area contributed by atoms with Gasteiger partial charge in [-0.1, -0.05) is 30.3 Å². The molecule has 16 heavy (non-hydrogen) atoms. The lowest BCUT2D eigenvalue weighted by Crippen LogP contribution is -2.46. The molecule has 0 saturated carbocycles. The molecule has 0 aliphatic carbocycles. The number of hydrogen-bond acceptors (Lipinski definition) is 3. The third-order valence-corrected chi connectivity index (χ3v) is 3.03. The molecule has 1 saturated heterocycles. The molecule has 86 valence electrons. The SMILES string of the molecule is CC(=O)C1(C)OCC(c2ccccc2)CO1. The van der Waals surface area contributed by atoms with Gasteiger partial charge in [-0.25, -0.2) is 0 Å². The highest BCUT2D eigenvalue weighted by atomic mass is 16.7. The fourth-order valence-electron chi connectivity index (χ4n) is 1.73. The minimum atomic E-state index is -1.05. The van der Waals surface area contributed by atoms with Crippen LogP contribution in [-0.4, -0.2) is 24.8 Å². The molecule has 1 aliphatic rings. The van der Waals surface area contributed by atoms with Gasteiger partial charge in [-0.05, 0) is 12.5 Å². The Bertz CT molecular complexity index is 364. The van der Waals surface area contributed by atoms with Crippen LogP contribution in [-0.2, 0) is 14.3 Å². The first kappa shape index (κ1) is 11.3. The lowest BCUT2D eigenvalue weighted by molar-refractivity contribution is -0.248. The Hall–Kier alpha value is -1.19. The molecule has 1 aromatic carbocycles. The Morgan fingerprint density at radius 2 is 1.81 bits per heavy atom. The molecule has 3 heteroatoms. The third kappa shape index (κ3) is 2.15. The lowest BCUT2D eigenvalue weighted by atomic mass is 9.99. The van der Waals surface area contributed by atoms with E-state index < -0.39 is 5.79 Å². The minimum absolute atomic E-state index is 0.0842. The average Bonchev–Trinajstić information content (AvgIpc) is 2.31. The fourth-order valence-corrected chi connectivity index (χ4v) is 1.73. The summed E-state index contributed by atoms with van der Waals surface area (Å²) in [5.74, 6) is -0.918. The second-order valence-electron chi connectivity index (χ2n) is 4.23. The molecule has 0 aromatic heterocycles. The molecule has 0 amide bonds. The number of Topliss-reactive ketones (excluding diaryl/α,β-unsaturated/α-hetero) is 1. The maximum atomic E-state index is 11.3. The average molecular weight is 220 g/mol. The molecule has 2 rings (SSSR count). The van der Waals surface area contributed by atoms with E-state index in [1.165, 1.54) is 12.5 Å². The van der Waals surface area contributed by atoms with Crippen LogP contribution in [0.1, 0.15) is 25.3 Å². The van der Waals surface area contributed by atoms with Crippen LogP contribution in [0.5, 0.6) is 0 Å². The summed E-state index contributed by atoms with van der Waals surface area (Å²) < 4.78 is 11.0. The number of carbonyl (C=O) groups is 1. The highest BCUT2D eigenvalue weighted by molar-refractivity contribution is 5.83. The van der Waals surface area contributed by atoms with Gasteiger partial charge in [0.1, 0.15) is 0 Å². The molecule has 1 heterocycles. The summed E-state index contributed by atoms with van der Waals surface area (Å²) in [6.07, 6.45) is 0. The summed E-state index contributed by atoms with van der Waals surface area (Å²) >= 11 is 0. The first-order valence-electron chi connectivity index (χ1n) is 5.46. The normalized spacial score (nSPS) is 30.0. The standard InChI is InChI=1S/C13H16O3/c1-10(14)13(2)15-8-12(9-16-13)11-6-4-3-5-7-11/h3-7,12H,8-9H2,1-2H3. The molecular weight excluding hydrogens is 204 g/mol. The van der Waals surface area contributed by atoms with Gasteiger partial charge in [0.25, 0.3) is 0 Å². The van der Waals surface area contributed by atoms with Crippen molar-refractivity contribution < 1.29 is 14.3 Å². The van der Waals surface area contributed by atoms with Crippen LogP contribution < -0.4 is 0 Å². The summed E-state index contributed by atoms with van der Waals surface area (Å²) in [5, 5.41) is 0. The Kier molecular flexibility index (Phi) is 3.08. The van der Waals surface area contributed by atoms with E-state index in [-0.39, 0.29) is 11.7 Å². The first-order chi connectivity index (χ1) is 7.62. The van der Waals surface area contributed by atoms with E-state index in [0.29, 0.717) is 13.2 Å². The van der Waals surface area contributed by atoms with E-state index >= 15 is 0 Å². The van der Waals surface area contributed by atoms with Gasteiger partial charge in [0.15, 0.2) is 5.78 Å². The highest BCUT2D eigenvalue weighted by Crippen LogP contribution is 2.28. The predicted octanol–water partition coefficient (Wildman–Crippen LogP) is 2.12. The third-order valence-electron chi connectivity index (χ3n) is 3.03. The summed E-state index contributed by atoms with van der Waals surface area (Å²) in [6, 6.07) is 10.1. The maximum Gasteiger partial charge on any atom is 0.225 e. The molecule has 1 aliphatic heterocycles. The largest absolute Gasteiger partial charge is 0.343 e.